The fourth-order valence-corrected chi connectivity index (χ4v) is 3.33. The highest BCUT2D eigenvalue weighted by Crippen LogP contribution is 2.27. The maximum atomic E-state index is 14.3. The van der Waals surface area contributed by atoms with Crippen molar-refractivity contribution in [1.29, 1.82) is 0 Å². The van der Waals surface area contributed by atoms with Gasteiger partial charge in [-0.3, -0.25) is 0 Å². The largest absolute Gasteiger partial charge is 0.501 e. The van der Waals surface area contributed by atoms with Crippen LogP contribution in [0.5, 0.6) is 0 Å². The van der Waals surface area contributed by atoms with Crippen LogP contribution in [-0.2, 0) is 14.2 Å². The molecule has 1 aliphatic heterocycles. The van der Waals surface area contributed by atoms with E-state index in [-0.39, 0.29) is 11.8 Å². The van der Waals surface area contributed by atoms with Crippen LogP contribution in [-0.4, -0.2) is 61.4 Å². The van der Waals surface area contributed by atoms with Gasteiger partial charge in [0, 0.05) is 29.8 Å². The van der Waals surface area contributed by atoms with Crippen molar-refractivity contribution in [3.05, 3.63) is 58.1 Å². The summed E-state index contributed by atoms with van der Waals surface area (Å²) in [5.41, 5.74) is 1.49. The maximum absolute atomic E-state index is 14.3. The van der Waals surface area contributed by atoms with E-state index in [4.69, 9.17) is 25.8 Å². The van der Waals surface area contributed by atoms with Crippen molar-refractivity contribution in [2.45, 2.75) is 20.0 Å². The summed E-state index contributed by atoms with van der Waals surface area (Å²) in [5, 5.41) is 3.33. The van der Waals surface area contributed by atoms with Crippen molar-refractivity contribution >= 4 is 35.3 Å². The Labute approximate surface area is 192 Å². The van der Waals surface area contributed by atoms with Crippen LogP contribution in [0.15, 0.2) is 36.0 Å². The average molecular weight is 463 g/mol. The second-order valence-electron chi connectivity index (χ2n) is 7.55. The first kappa shape index (κ1) is 24.0. The number of morpholine rings is 1. The number of hydrogen-bond donors (Lipinski definition) is 1. The molecule has 2 heterocycles. The summed E-state index contributed by atoms with van der Waals surface area (Å²) in [6, 6.07) is 4.40. The summed E-state index contributed by atoms with van der Waals surface area (Å²) in [4.78, 5) is 10.9. The molecule has 2 aromatic rings. The van der Waals surface area contributed by atoms with Gasteiger partial charge in [-0.25, -0.2) is 14.4 Å². The molecule has 7 nitrogen and oxygen atoms in total. The molecule has 32 heavy (non-hydrogen) atoms. The van der Waals surface area contributed by atoms with Gasteiger partial charge in [0.15, 0.2) is 0 Å². The minimum absolute atomic E-state index is 0.0164. The van der Waals surface area contributed by atoms with Crippen LogP contribution in [0.3, 0.4) is 0 Å². The number of ether oxygens (including phenoxy) is 3. The number of benzene rings is 1. The van der Waals surface area contributed by atoms with Gasteiger partial charge in [-0.2, -0.15) is 0 Å². The van der Waals surface area contributed by atoms with Crippen LogP contribution >= 0.6 is 11.6 Å². The third-order valence-corrected chi connectivity index (χ3v) is 5.18. The first-order valence-corrected chi connectivity index (χ1v) is 10.6. The summed E-state index contributed by atoms with van der Waals surface area (Å²) in [6.45, 7) is 6.56. The van der Waals surface area contributed by atoms with Gasteiger partial charge in [-0.15, -0.1) is 0 Å². The zero-order valence-electron chi connectivity index (χ0n) is 18.7. The molecule has 0 saturated carbocycles. The number of halogens is 2. The van der Waals surface area contributed by atoms with E-state index in [0.717, 1.165) is 13.1 Å². The van der Waals surface area contributed by atoms with Gasteiger partial charge in [0.2, 0.25) is 0 Å². The minimum atomic E-state index is -0.483. The van der Waals surface area contributed by atoms with Crippen molar-refractivity contribution in [3.63, 3.8) is 0 Å². The van der Waals surface area contributed by atoms with Crippen LogP contribution in [0.4, 0.5) is 15.9 Å². The van der Waals surface area contributed by atoms with Gasteiger partial charge in [0.1, 0.15) is 30.7 Å². The van der Waals surface area contributed by atoms with Crippen molar-refractivity contribution in [3.8, 4) is 0 Å². The zero-order valence-corrected chi connectivity index (χ0v) is 19.4. The van der Waals surface area contributed by atoms with Crippen LogP contribution < -0.4 is 5.32 Å². The highest BCUT2D eigenvalue weighted by atomic mass is 35.5. The van der Waals surface area contributed by atoms with Crippen LogP contribution in [0.1, 0.15) is 25.1 Å². The van der Waals surface area contributed by atoms with Gasteiger partial charge in [-0.1, -0.05) is 11.6 Å². The van der Waals surface area contributed by atoms with Gasteiger partial charge < -0.3 is 24.4 Å². The Morgan fingerprint density at radius 2 is 2.12 bits per heavy atom. The molecule has 172 valence electrons. The third kappa shape index (κ3) is 6.66. The molecule has 0 bridgehead atoms. The Morgan fingerprint density at radius 1 is 1.31 bits per heavy atom. The lowest BCUT2D eigenvalue weighted by Gasteiger charge is -2.29. The Hall–Kier alpha value is -2.68. The lowest BCUT2D eigenvalue weighted by Crippen LogP contribution is -2.42. The molecule has 0 amide bonds. The Bertz CT molecular complexity index is 999. The molecule has 1 saturated heterocycles. The van der Waals surface area contributed by atoms with E-state index in [1.165, 1.54) is 12.4 Å². The summed E-state index contributed by atoms with van der Waals surface area (Å²) in [5.74, 6) is 1.26. The highest BCUT2D eigenvalue weighted by Gasteiger charge is 2.18. The Morgan fingerprint density at radius 3 is 2.84 bits per heavy atom. The Kier molecular flexibility index (Phi) is 8.44. The maximum Gasteiger partial charge on any atom is 0.148 e. The monoisotopic (exact) mass is 462 g/mol. The standard InChI is InChI=1S/C23H28ClFN4O3/c1-15(30-4)9-19-22(10-16(2)32-13-18-12-29(3)7-8-31-18)26-14-27-23(19)28-21-6-5-17(24)11-20(21)25/h5-6,9-11,14,18H,7-8,12-13H2,1-4H3,(H,26,27,28)/b15-9+,16-10+. The molecule has 1 atom stereocenters. The van der Waals surface area contributed by atoms with Gasteiger partial charge in [-0.05, 0) is 45.2 Å². The lowest BCUT2D eigenvalue weighted by molar-refractivity contribution is -0.0512. The average Bonchev–Trinajstić information content (AvgIpc) is 2.76. The molecule has 0 spiro atoms. The molecular weight excluding hydrogens is 435 g/mol. The highest BCUT2D eigenvalue weighted by molar-refractivity contribution is 6.30. The summed E-state index contributed by atoms with van der Waals surface area (Å²) in [7, 11) is 3.64. The van der Waals surface area contributed by atoms with Crippen molar-refractivity contribution in [1.82, 2.24) is 14.9 Å². The normalized spacial score (nSPS) is 17.9. The number of rotatable bonds is 8. The van der Waals surface area contributed by atoms with Crippen LogP contribution in [0.25, 0.3) is 12.2 Å². The van der Waals surface area contributed by atoms with Crippen LogP contribution in [0, 0.1) is 5.82 Å². The minimum Gasteiger partial charge on any atom is -0.501 e. The number of nitrogens with one attached hydrogen (secondary N) is 1. The van der Waals surface area contributed by atoms with E-state index in [2.05, 4.69) is 27.2 Å². The lowest BCUT2D eigenvalue weighted by atomic mass is 10.1. The van der Waals surface area contributed by atoms with Crippen molar-refractivity contribution < 1.29 is 18.6 Å². The summed E-state index contributed by atoms with van der Waals surface area (Å²) >= 11 is 5.86. The number of hydrogen-bond acceptors (Lipinski definition) is 7. The molecule has 9 heteroatoms. The molecular formula is C23H28ClFN4O3. The third-order valence-electron chi connectivity index (χ3n) is 4.95. The zero-order chi connectivity index (χ0) is 23.1. The van der Waals surface area contributed by atoms with E-state index in [1.807, 2.05) is 19.9 Å². The number of anilines is 2. The fourth-order valence-electron chi connectivity index (χ4n) is 3.17. The first-order chi connectivity index (χ1) is 15.4. The Balaban J connectivity index is 1.85. The SMILES string of the molecule is CO/C(C)=C/c1c(/C=C(\C)OCC2CN(C)CCO2)ncnc1Nc1ccc(Cl)cc1F. The number of aromatic nitrogens is 2. The molecule has 1 fully saturated rings. The van der Waals surface area contributed by atoms with E-state index in [0.29, 0.717) is 46.8 Å². The molecule has 1 aromatic carbocycles. The molecule has 1 unspecified atom stereocenters. The number of likely N-dealkylation sites (N-methyl/N-ethyl adjacent to an activating group) is 1. The molecule has 3 rings (SSSR count). The van der Waals surface area contributed by atoms with E-state index in [9.17, 15) is 4.39 Å². The molecule has 0 radical (unpaired) electrons. The van der Waals surface area contributed by atoms with Crippen molar-refractivity contribution in [2.75, 3.05) is 45.8 Å². The molecule has 1 aliphatic rings. The smallest absolute Gasteiger partial charge is 0.148 e. The predicted octanol–water partition coefficient (Wildman–Crippen LogP) is 4.73. The topological polar surface area (TPSA) is 68.7 Å². The van der Waals surface area contributed by atoms with Gasteiger partial charge >= 0.3 is 0 Å². The van der Waals surface area contributed by atoms with E-state index < -0.39 is 5.82 Å². The predicted molar refractivity (Wildman–Crippen MR) is 124 cm³/mol. The number of nitrogens with zero attached hydrogens (tertiary/aromatic N) is 3. The number of allylic oxidation sites excluding steroid dienone is 2. The summed E-state index contributed by atoms with van der Waals surface area (Å²) in [6.07, 6.45) is 5.03. The quantitative estimate of drug-likeness (QED) is 0.569. The van der Waals surface area contributed by atoms with Crippen LogP contribution in [0.2, 0.25) is 5.02 Å². The second-order valence-corrected chi connectivity index (χ2v) is 7.99. The molecule has 1 N–H and O–H groups in total. The summed E-state index contributed by atoms with van der Waals surface area (Å²) < 4.78 is 31.3. The second kappa shape index (κ2) is 11.3. The number of methoxy groups -OCH3 is 1. The molecule has 0 aliphatic carbocycles. The van der Waals surface area contributed by atoms with E-state index >= 15 is 0 Å². The molecule has 1 aromatic heterocycles. The van der Waals surface area contributed by atoms with Crippen molar-refractivity contribution in [2.24, 2.45) is 0 Å². The van der Waals surface area contributed by atoms with Gasteiger partial charge in [0.25, 0.3) is 0 Å². The first-order valence-electron chi connectivity index (χ1n) is 10.3. The fraction of sp³-hybridized carbons (Fsp3) is 0.391. The van der Waals surface area contributed by atoms with Gasteiger partial charge in [0.05, 0.1) is 36.6 Å². The van der Waals surface area contributed by atoms with E-state index in [1.54, 1.807) is 25.3 Å².